The third kappa shape index (κ3) is 6.90. The number of likely N-dealkylation sites (tertiary alicyclic amines) is 1. The Balaban J connectivity index is 0.00000196. The molecule has 1 aromatic carbocycles. The van der Waals surface area contributed by atoms with E-state index in [4.69, 9.17) is 10.5 Å². The number of nitrogens with one attached hydrogen (secondary N) is 2. The van der Waals surface area contributed by atoms with E-state index in [-0.39, 0.29) is 42.7 Å². The van der Waals surface area contributed by atoms with Gasteiger partial charge in [-0.05, 0) is 63.0 Å². The van der Waals surface area contributed by atoms with Crippen LogP contribution < -0.4 is 16.4 Å². The number of anilines is 1. The molecule has 4 N–H and O–H groups in total. The maximum atomic E-state index is 12.2. The predicted molar refractivity (Wildman–Crippen MR) is 115 cm³/mol. The Labute approximate surface area is 178 Å². The first-order valence-electron chi connectivity index (χ1n) is 9.42. The van der Waals surface area contributed by atoms with E-state index in [2.05, 4.69) is 15.5 Å². The lowest BCUT2D eigenvalue weighted by Crippen LogP contribution is -2.33. The molecule has 0 aliphatic carbocycles. The number of benzene rings is 1. The van der Waals surface area contributed by atoms with Crippen molar-refractivity contribution in [3.8, 4) is 0 Å². The summed E-state index contributed by atoms with van der Waals surface area (Å²) in [5.74, 6) is -0.254. The van der Waals surface area contributed by atoms with Crippen molar-refractivity contribution in [2.45, 2.75) is 37.9 Å². The van der Waals surface area contributed by atoms with Gasteiger partial charge in [-0.15, -0.1) is 24.8 Å². The zero-order chi connectivity index (χ0) is 18.4. The summed E-state index contributed by atoms with van der Waals surface area (Å²) in [6.45, 7) is 4.23. The van der Waals surface area contributed by atoms with Crippen molar-refractivity contribution in [2.75, 3.05) is 38.0 Å². The molecule has 0 spiro atoms. The van der Waals surface area contributed by atoms with E-state index in [1.807, 2.05) is 0 Å². The highest BCUT2D eigenvalue weighted by molar-refractivity contribution is 5.97. The molecule has 9 heteroatoms. The molecule has 0 saturated carbocycles. The minimum absolute atomic E-state index is 0. The monoisotopic (exact) mass is 432 g/mol. The number of rotatable bonds is 7. The van der Waals surface area contributed by atoms with E-state index in [0.29, 0.717) is 30.8 Å². The van der Waals surface area contributed by atoms with Crippen LogP contribution in [0.4, 0.5) is 5.69 Å². The maximum Gasteiger partial charge on any atom is 0.253 e. The summed E-state index contributed by atoms with van der Waals surface area (Å²) >= 11 is 0. The fraction of sp³-hybridized carbons (Fsp3) is 0.579. The highest BCUT2D eigenvalue weighted by Crippen LogP contribution is 2.20. The fourth-order valence-electron chi connectivity index (χ4n) is 3.44. The van der Waals surface area contributed by atoms with Crippen LogP contribution in [0.15, 0.2) is 24.3 Å². The molecule has 2 aliphatic rings. The zero-order valence-electron chi connectivity index (χ0n) is 15.9. The molecule has 0 aromatic heterocycles. The molecule has 1 aromatic rings. The Morgan fingerprint density at radius 2 is 1.79 bits per heavy atom. The number of carbonyl (C=O) groups excluding carboxylic acids is 2. The number of nitrogens with two attached hydrogens (primary N) is 1. The normalized spacial score (nSPS) is 21.5. The van der Waals surface area contributed by atoms with Crippen molar-refractivity contribution < 1.29 is 14.3 Å². The molecule has 2 amide bonds. The van der Waals surface area contributed by atoms with Gasteiger partial charge in [0.1, 0.15) is 6.10 Å². The van der Waals surface area contributed by atoms with Crippen LogP contribution in [0.3, 0.4) is 0 Å². The molecule has 0 radical (unpaired) electrons. The van der Waals surface area contributed by atoms with E-state index in [1.165, 1.54) is 12.8 Å². The molecule has 7 nitrogen and oxygen atoms in total. The molecule has 0 bridgehead atoms. The molecule has 2 fully saturated rings. The van der Waals surface area contributed by atoms with Gasteiger partial charge in [-0.25, -0.2) is 0 Å². The second-order valence-electron chi connectivity index (χ2n) is 6.93. The van der Waals surface area contributed by atoms with E-state index in [0.717, 1.165) is 26.1 Å². The van der Waals surface area contributed by atoms with Crippen molar-refractivity contribution in [3.05, 3.63) is 29.8 Å². The predicted octanol–water partition coefficient (Wildman–Crippen LogP) is 1.80. The van der Waals surface area contributed by atoms with E-state index in [1.54, 1.807) is 24.3 Å². The van der Waals surface area contributed by atoms with Gasteiger partial charge in [-0.2, -0.15) is 0 Å². The third-order valence-corrected chi connectivity index (χ3v) is 4.99. The lowest BCUT2D eigenvalue weighted by Gasteiger charge is -2.15. The molecule has 3 rings (SSSR count). The number of amides is 2. The van der Waals surface area contributed by atoms with Gasteiger partial charge >= 0.3 is 0 Å². The summed E-state index contributed by atoms with van der Waals surface area (Å²) in [6, 6.07) is 6.92. The van der Waals surface area contributed by atoms with Crippen LogP contribution in [0.1, 0.15) is 36.0 Å². The van der Waals surface area contributed by atoms with E-state index >= 15 is 0 Å². The van der Waals surface area contributed by atoms with Crippen LogP contribution in [-0.2, 0) is 9.53 Å². The van der Waals surface area contributed by atoms with Crippen molar-refractivity contribution in [1.82, 2.24) is 10.2 Å². The summed E-state index contributed by atoms with van der Waals surface area (Å²) in [7, 11) is 0. The van der Waals surface area contributed by atoms with Gasteiger partial charge < -0.3 is 26.0 Å². The fourth-order valence-corrected chi connectivity index (χ4v) is 3.44. The van der Waals surface area contributed by atoms with Crippen LogP contribution in [-0.4, -0.2) is 61.6 Å². The SMILES string of the molecule is Cl.Cl.NC[C@H]1CC[C@@H](C(=O)Nc2ccc(C(=O)NCCN3CCCC3)cc2)O1. The first-order chi connectivity index (χ1) is 12.7. The smallest absolute Gasteiger partial charge is 0.253 e. The van der Waals surface area contributed by atoms with Crippen molar-refractivity contribution >= 4 is 42.3 Å². The molecule has 0 unspecified atom stereocenters. The number of ether oxygens (including phenoxy) is 1. The average Bonchev–Trinajstić information content (AvgIpc) is 3.34. The Morgan fingerprint density at radius 3 is 2.39 bits per heavy atom. The van der Waals surface area contributed by atoms with Crippen LogP contribution >= 0.6 is 24.8 Å². The molecular formula is C19H30Cl2N4O3. The second-order valence-corrected chi connectivity index (χ2v) is 6.93. The number of nitrogens with zero attached hydrogens (tertiary/aromatic N) is 1. The van der Waals surface area contributed by atoms with Crippen LogP contribution in [0, 0.1) is 0 Å². The summed E-state index contributed by atoms with van der Waals surface area (Å²) in [5, 5.41) is 5.77. The minimum Gasteiger partial charge on any atom is -0.364 e. The first-order valence-corrected chi connectivity index (χ1v) is 9.42. The van der Waals surface area contributed by atoms with Crippen molar-refractivity contribution in [2.24, 2.45) is 5.73 Å². The molecule has 158 valence electrons. The second kappa shape index (κ2) is 12.2. The largest absolute Gasteiger partial charge is 0.364 e. The van der Waals surface area contributed by atoms with Gasteiger partial charge in [-0.1, -0.05) is 0 Å². The number of hydrogen-bond donors (Lipinski definition) is 3. The standard InChI is InChI=1S/C19H28N4O3.2ClH/c20-13-16-7-8-17(26-16)19(25)22-15-5-3-14(4-6-15)18(24)21-9-12-23-10-1-2-11-23;;/h3-6,16-17H,1-2,7-13,20H2,(H,21,24)(H,22,25);2*1H/t16-,17+;;/m1../s1. The van der Waals surface area contributed by atoms with Gasteiger partial charge in [0, 0.05) is 30.9 Å². The Morgan fingerprint density at radius 1 is 1.11 bits per heavy atom. The van der Waals surface area contributed by atoms with Crippen LogP contribution in [0.2, 0.25) is 0 Å². The lowest BCUT2D eigenvalue weighted by molar-refractivity contribution is -0.126. The zero-order valence-corrected chi connectivity index (χ0v) is 17.5. The van der Waals surface area contributed by atoms with Gasteiger partial charge in [0.05, 0.1) is 6.10 Å². The van der Waals surface area contributed by atoms with Crippen LogP contribution in [0.5, 0.6) is 0 Å². The molecule has 28 heavy (non-hydrogen) atoms. The van der Waals surface area contributed by atoms with Gasteiger partial charge in [-0.3, -0.25) is 9.59 Å². The molecule has 2 aliphatic heterocycles. The number of carbonyl (C=O) groups is 2. The Bertz CT molecular complexity index is 624. The number of hydrogen-bond acceptors (Lipinski definition) is 5. The molecule has 2 atom stereocenters. The Kier molecular flexibility index (Phi) is 10.8. The molecule has 2 heterocycles. The maximum absolute atomic E-state index is 12.2. The third-order valence-electron chi connectivity index (χ3n) is 4.99. The summed E-state index contributed by atoms with van der Waals surface area (Å²) < 4.78 is 5.59. The lowest BCUT2D eigenvalue weighted by atomic mass is 10.1. The summed E-state index contributed by atoms with van der Waals surface area (Å²) in [6.07, 6.45) is 3.52. The number of halogens is 2. The van der Waals surface area contributed by atoms with Gasteiger partial charge in [0.25, 0.3) is 11.8 Å². The molecule has 2 saturated heterocycles. The van der Waals surface area contributed by atoms with E-state index < -0.39 is 6.10 Å². The quantitative estimate of drug-likeness (QED) is 0.610. The summed E-state index contributed by atoms with van der Waals surface area (Å²) in [4.78, 5) is 26.7. The van der Waals surface area contributed by atoms with Crippen molar-refractivity contribution in [1.29, 1.82) is 0 Å². The highest BCUT2D eigenvalue weighted by atomic mass is 35.5. The van der Waals surface area contributed by atoms with Crippen molar-refractivity contribution in [3.63, 3.8) is 0 Å². The average molecular weight is 433 g/mol. The highest BCUT2D eigenvalue weighted by Gasteiger charge is 2.29. The van der Waals surface area contributed by atoms with Gasteiger partial charge in [0.15, 0.2) is 0 Å². The van der Waals surface area contributed by atoms with Gasteiger partial charge in [0.2, 0.25) is 0 Å². The Hall–Kier alpha value is -1.38. The summed E-state index contributed by atoms with van der Waals surface area (Å²) in [5.41, 5.74) is 6.81. The molecular weight excluding hydrogens is 403 g/mol. The topological polar surface area (TPSA) is 96.7 Å². The first kappa shape index (κ1) is 24.7. The minimum atomic E-state index is -0.447. The van der Waals surface area contributed by atoms with E-state index in [9.17, 15) is 9.59 Å². The van der Waals surface area contributed by atoms with Crippen LogP contribution in [0.25, 0.3) is 0 Å².